The summed E-state index contributed by atoms with van der Waals surface area (Å²) in [5.41, 5.74) is -0.448. The van der Waals surface area contributed by atoms with Crippen molar-refractivity contribution in [2.75, 3.05) is 29.4 Å². The van der Waals surface area contributed by atoms with E-state index in [0.29, 0.717) is 30.8 Å². The highest BCUT2D eigenvalue weighted by molar-refractivity contribution is 5.80. The van der Waals surface area contributed by atoms with E-state index in [2.05, 4.69) is 9.97 Å². The maximum atomic E-state index is 14.3. The zero-order valence-electron chi connectivity index (χ0n) is 17.9. The average Bonchev–Trinajstić information content (AvgIpc) is 3.18. The quantitative estimate of drug-likeness (QED) is 0.730. The molecular weight excluding hydrogens is 435 g/mol. The number of fused-ring (bicyclic) bond motifs is 1. The molecule has 1 saturated carbocycles. The Morgan fingerprint density at radius 1 is 1.21 bits per heavy atom. The molecule has 4 atom stereocenters. The smallest absolute Gasteiger partial charge is 0.434 e. The van der Waals surface area contributed by atoms with E-state index < -0.39 is 17.8 Å². The van der Waals surface area contributed by atoms with Crippen molar-refractivity contribution in [3.8, 4) is 17.2 Å². The van der Waals surface area contributed by atoms with Gasteiger partial charge in [0, 0.05) is 32.1 Å². The van der Waals surface area contributed by atoms with Crippen molar-refractivity contribution in [1.29, 1.82) is 5.26 Å². The number of rotatable bonds is 5. The van der Waals surface area contributed by atoms with Crippen LogP contribution in [0.1, 0.15) is 31.0 Å². The van der Waals surface area contributed by atoms with Gasteiger partial charge in [-0.15, -0.1) is 0 Å². The molecule has 2 saturated heterocycles. The van der Waals surface area contributed by atoms with Gasteiger partial charge in [-0.2, -0.15) is 23.4 Å². The topological polar surface area (TPSA) is 93.4 Å². The van der Waals surface area contributed by atoms with Gasteiger partial charge in [-0.05, 0) is 48.8 Å². The van der Waals surface area contributed by atoms with Crippen LogP contribution in [-0.2, 0) is 11.0 Å². The van der Waals surface area contributed by atoms with Crippen LogP contribution in [0.3, 0.4) is 0 Å². The van der Waals surface area contributed by atoms with E-state index in [9.17, 15) is 18.0 Å². The number of nitrogens with zero attached hydrogens (tertiary/aromatic N) is 5. The molecule has 1 aliphatic carbocycles. The third kappa shape index (κ3) is 3.75. The second-order valence-corrected chi connectivity index (χ2v) is 9.08. The third-order valence-electron chi connectivity index (χ3n) is 7.11. The van der Waals surface area contributed by atoms with E-state index in [1.165, 1.54) is 24.3 Å². The van der Waals surface area contributed by atoms with Crippen LogP contribution < -0.4 is 9.80 Å². The van der Waals surface area contributed by atoms with Crippen molar-refractivity contribution in [3.05, 3.63) is 35.5 Å². The molecule has 1 aromatic heterocycles. The number of alkyl halides is 3. The summed E-state index contributed by atoms with van der Waals surface area (Å²) in [4.78, 5) is 23.3. The first-order chi connectivity index (χ1) is 15.7. The van der Waals surface area contributed by atoms with E-state index >= 15 is 0 Å². The SMILES string of the molecule is C[C@H]1CCN1c1nc(N2C[C@@H]3[C@@H](CC(=O)O)[C@@H]3C2)c(-c2ccc(C#N)cc2)c(C(F)(F)F)n1. The van der Waals surface area contributed by atoms with Crippen molar-refractivity contribution in [1.82, 2.24) is 9.97 Å². The normalized spacial score (nSPS) is 25.9. The van der Waals surface area contributed by atoms with Crippen LogP contribution in [0.25, 0.3) is 11.1 Å². The fourth-order valence-corrected chi connectivity index (χ4v) is 5.12. The lowest BCUT2D eigenvalue weighted by Gasteiger charge is -2.39. The number of aromatic nitrogens is 2. The summed E-state index contributed by atoms with van der Waals surface area (Å²) >= 11 is 0. The summed E-state index contributed by atoms with van der Waals surface area (Å²) < 4.78 is 42.8. The molecule has 2 aromatic rings. The van der Waals surface area contributed by atoms with Crippen molar-refractivity contribution in [2.45, 2.75) is 32.0 Å². The Morgan fingerprint density at radius 3 is 2.36 bits per heavy atom. The van der Waals surface area contributed by atoms with E-state index in [-0.39, 0.29) is 47.5 Å². The fourth-order valence-electron chi connectivity index (χ4n) is 5.12. The van der Waals surface area contributed by atoms with Crippen LogP contribution in [-0.4, -0.2) is 46.7 Å². The molecule has 2 aliphatic heterocycles. The van der Waals surface area contributed by atoms with Gasteiger partial charge in [-0.3, -0.25) is 4.79 Å². The molecule has 0 unspecified atom stereocenters. The summed E-state index contributed by atoms with van der Waals surface area (Å²) in [6, 6.07) is 7.99. The summed E-state index contributed by atoms with van der Waals surface area (Å²) in [5.74, 6) is -0.213. The monoisotopic (exact) mass is 457 g/mol. The number of carbonyl (C=O) groups is 1. The van der Waals surface area contributed by atoms with Gasteiger partial charge in [0.15, 0.2) is 5.69 Å². The summed E-state index contributed by atoms with van der Waals surface area (Å²) in [7, 11) is 0. The number of carboxylic acids is 1. The van der Waals surface area contributed by atoms with E-state index in [0.717, 1.165) is 6.42 Å². The molecule has 33 heavy (non-hydrogen) atoms. The number of halogens is 3. The van der Waals surface area contributed by atoms with Gasteiger partial charge >= 0.3 is 12.1 Å². The Bertz CT molecular complexity index is 1130. The number of carboxylic acid groups (broad SMARTS) is 1. The second-order valence-electron chi connectivity index (χ2n) is 9.08. The lowest BCUT2D eigenvalue weighted by molar-refractivity contribution is -0.140. The van der Waals surface area contributed by atoms with E-state index in [1.807, 2.05) is 17.9 Å². The van der Waals surface area contributed by atoms with Crippen molar-refractivity contribution in [2.24, 2.45) is 17.8 Å². The third-order valence-corrected chi connectivity index (χ3v) is 7.11. The second kappa shape index (κ2) is 7.61. The maximum absolute atomic E-state index is 14.3. The molecular formula is C23H22F3N5O2. The fraction of sp³-hybridized carbons (Fsp3) is 0.478. The predicted octanol–water partition coefficient (Wildman–Crippen LogP) is 3.79. The Hall–Kier alpha value is -3.35. The molecule has 3 fully saturated rings. The number of piperidine rings is 1. The Morgan fingerprint density at radius 2 is 1.88 bits per heavy atom. The Labute approximate surface area is 188 Å². The zero-order chi connectivity index (χ0) is 23.5. The number of aliphatic carboxylic acids is 1. The molecule has 1 aromatic carbocycles. The largest absolute Gasteiger partial charge is 0.481 e. The van der Waals surface area contributed by atoms with Gasteiger partial charge in [0.25, 0.3) is 0 Å². The molecule has 7 nitrogen and oxygen atoms in total. The van der Waals surface area contributed by atoms with Crippen LogP contribution in [0.4, 0.5) is 24.9 Å². The molecule has 0 amide bonds. The van der Waals surface area contributed by atoms with Crippen LogP contribution in [0.15, 0.2) is 24.3 Å². The van der Waals surface area contributed by atoms with Crippen molar-refractivity contribution < 1.29 is 23.1 Å². The predicted molar refractivity (Wildman–Crippen MR) is 114 cm³/mol. The lowest BCUT2D eigenvalue weighted by Crippen LogP contribution is -2.47. The van der Waals surface area contributed by atoms with E-state index in [1.54, 1.807) is 4.90 Å². The number of benzene rings is 1. The molecule has 172 valence electrons. The first-order valence-electron chi connectivity index (χ1n) is 10.9. The van der Waals surface area contributed by atoms with Crippen LogP contribution in [0.5, 0.6) is 0 Å². The zero-order valence-corrected chi connectivity index (χ0v) is 17.9. The number of hydrogen-bond donors (Lipinski definition) is 1. The van der Waals surface area contributed by atoms with Gasteiger partial charge in [-0.25, -0.2) is 4.98 Å². The molecule has 5 rings (SSSR count). The molecule has 0 spiro atoms. The van der Waals surface area contributed by atoms with Crippen LogP contribution in [0, 0.1) is 29.1 Å². The Balaban J connectivity index is 1.60. The minimum absolute atomic E-state index is 0.0617. The summed E-state index contributed by atoms with van der Waals surface area (Å²) in [6.45, 7) is 3.46. The average molecular weight is 457 g/mol. The van der Waals surface area contributed by atoms with Gasteiger partial charge < -0.3 is 14.9 Å². The van der Waals surface area contributed by atoms with Crippen LogP contribution in [0.2, 0.25) is 0 Å². The first-order valence-corrected chi connectivity index (χ1v) is 10.9. The standard InChI is InChI=1S/C23H22F3N5O2/c1-12-6-7-31(12)22-28-20(23(24,25)26)19(14-4-2-13(9-27)3-5-14)21(29-22)30-10-16-15(8-18(32)33)17(16)11-30/h2-5,12,15-17H,6-8,10-11H2,1H3,(H,32,33)/t12-,15-,16-,17+/m0/s1. The molecule has 0 radical (unpaired) electrons. The number of anilines is 2. The van der Waals surface area contributed by atoms with Gasteiger partial charge in [0.2, 0.25) is 5.95 Å². The maximum Gasteiger partial charge on any atom is 0.434 e. The first kappa shape index (κ1) is 21.5. The highest BCUT2D eigenvalue weighted by Gasteiger charge is 2.57. The Kier molecular flexibility index (Phi) is 4.96. The van der Waals surface area contributed by atoms with E-state index in [4.69, 9.17) is 10.4 Å². The number of hydrogen-bond acceptors (Lipinski definition) is 6. The van der Waals surface area contributed by atoms with Crippen molar-refractivity contribution >= 4 is 17.7 Å². The van der Waals surface area contributed by atoms with Crippen LogP contribution >= 0.6 is 0 Å². The van der Waals surface area contributed by atoms with Gasteiger partial charge in [0.1, 0.15) is 5.82 Å². The molecule has 1 N–H and O–H groups in total. The number of nitriles is 1. The highest BCUT2D eigenvalue weighted by Crippen LogP contribution is 2.55. The highest BCUT2D eigenvalue weighted by atomic mass is 19.4. The molecule has 3 aliphatic rings. The summed E-state index contributed by atoms with van der Waals surface area (Å²) in [5, 5.41) is 18.2. The van der Waals surface area contributed by atoms with Gasteiger partial charge in [0.05, 0.1) is 17.2 Å². The molecule has 3 heterocycles. The minimum Gasteiger partial charge on any atom is -0.481 e. The molecule has 0 bridgehead atoms. The lowest BCUT2D eigenvalue weighted by atomic mass is 10.0. The minimum atomic E-state index is -4.70. The molecule has 10 heteroatoms. The van der Waals surface area contributed by atoms with Crippen molar-refractivity contribution in [3.63, 3.8) is 0 Å². The summed E-state index contributed by atoms with van der Waals surface area (Å²) in [6.07, 6.45) is -3.75. The van der Waals surface area contributed by atoms with Gasteiger partial charge in [-0.1, -0.05) is 12.1 Å².